The third kappa shape index (κ3) is 5.12. The summed E-state index contributed by atoms with van der Waals surface area (Å²) < 4.78 is 75.1. The number of ether oxygens (including phenoxy) is 1. The summed E-state index contributed by atoms with van der Waals surface area (Å²) in [4.78, 5) is 11.8. The lowest BCUT2D eigenvalue weighted by atomic mass is 9.84. The first kappa shape index (κ1) is 25.8. The second kappa shape index (κ2) is 9.79. The normalized spacial score (nSPS) is 15.0. The largest absolute Gasteiger partial charge is 0.495 e. The summed E-state index contributed by atoms with van der Waals surface area (Å²) in [5.74, 6) is -2.25. The van der Waals surface area contributed by atoms with E-state index in [0.717, 1.165) is 18.2 Å². The van der Waals surface area contributed by atoms with Crippen molar-refractivity contribution < 1.29 is 31.8 Å². The number of hydrogen-bond acceptors (Lipinski definition) is 5. The molecule has 3 aromatic rings. The fourth-order valence-electron chi connectivity index (χ4n) is 3.63. The van der Waals surface area contributed by atoms with Crippen LogP contribution in [0.15, 0.2) is 35.5 Å². The number of halogens is 6. The molecule has 0 aliphatic heterocycles. The van der Waals surface area contributed by atoms with E-state index in [9.17, 15) is 27.1 Å². The van der Waals surface area contributed by atoms with Crippen molar-refractivity contribution >= 4 is 34.4 Å². The van der Waals surface area contributed by atoms with E-state index in [2.05, 4.69) is 15.0 Å². The molecule has 0 fully saturated rings. The Morgan fingerprint density at radius 2 is 1.94 bits per heavy atom. The average molecular weight is 502 g/mol. The first-order valence-electron chi connectivity index (χ1n) is 10.2. The van der Waals surface area contributed by atoms with E-state index in [1.807, 2.05) is 0 Å². The van der Waals surface area contributed by atoms with Gasteiger partial charge in [0.1, 0.15) is 28.2 Å². The van der Waals surface area contributed by atoms with Gasteiger partial charge in [0.15, 0.2) is 5.60 Å². The van der Waals surface area contributed by atoms with Gasteiger partial charge < -0.3 is 9.84 Å². The van der Waals surface area contributed by atoms with E-state index >= 15 is 0 Å². The highest BCUT2D eigenvalue weighted by Crippen LogP contribution is 2.43. The first-order chi connectivity index (χ1) is 15.9. The van der Waals surface area contributed by atoms with Crippen molar-refractivity contribution in [1.29, 1.82) is 0 Å². The molecule has 5 nitrogen and oxygen atoms in total. The van der Waals surface area contributed by atoms with E-state index < -0.39 is 35.8 Å². The zero-order chi connectivity index (χ0) is 25.3. The van der Waals surface area contributed by atoms with Crippen LogP contribution >= 0.6 is 11.6 Å². The van der Waals surface area contributed by atoms with Gasteiger partial charge in [-0.3, -0.25) is 4.99 Å². The molecule has 0 radical (unpaired) electrons. The van der Waals surface area contributed by atoms with Crippen LogP contribution in [-0.4, -0.2) is 40.2 Å². The van der Waals surface area contributed by atoms with Crippen molar-refractivity contribution in [1.82, 2.24) is 9.97 Å². The van der Waals surface area contributed by atoms with Crippen molar-refractivity contribution in [3.8, 4) is 5.75 Å². The topological polar surface area (TPSA) is 67.6 Å². The predicted octanol–water partition coefficient (Wildman–Crippen LogP) is 6.46. The summed E-state index contributed by atoms with van der Waals surface area (Å²) in [6.07, 6.45) is -4.20. The Labute approximate surface area is 197 Å². The van der Waals surface area contributed by atoms with E-state index in [0.29, 0.717) is 12.0 Å². The molecule has 1 aromatic heterocycles. The summed E-state index contributed by atoms with van der Waals surface area (Å²) in [5, 5.41) is 10.5. The number of benzene rings is 2. The Morgan fingerprint density at radius 1 is 1.24 bits per heavy atom. The van der Waals surface area contributed by atoms with Crippen LogP contribution < -0.4 is 4.74 Å². The zero-order valence-electron chi connectivity index (χ0n) is 18.4. The molecular formula is C23H21ClF5N3O2. The number of nitrogens with zero attached hydrogens (tertiary/aromatic N) is 3. The van der Waals surface area contributed by atoms with Crippen LogP contribution in [0.25, 0.3) is 10.9 Å². The SMILES string of the molecule is CC[C@H](C[C@@](O)(C=Nc1cc(F)cc2nc(C)ncc12)C(F)(F)F)c1ccc(F)c(Cl)c1OC. The lowest BCUT2D eigenvalue weighted by Gasteiger charge is -2.31. The van der Waals surface area contributed by atoms with Gasteiger partial charge in [-0.2, -0.15) is 13.2 Å². The monoisotopic (exact) mass is 501 g/mol. The third-order valence-electron chi connectivity index (χ3n) is 5.45. The van der Waals surface area contributed by atoms with Crippen molar-refractivity contribution in [3.05, 3.63) is 58.5 Å². The fourth-order valence-corrected chi connectivity index (χ4v) is 3.88. The molecule has 2 aromatic carbocycles. The minimum atomic E-state index is -5.13. The summed E-state index contributed by atoms with van der Waals surface area (Å²) in [7, 11) is 1.22. The number of fused-ring (bicyclic) bond motifs is 1. The average Bonchev–Trinajstić information content (AvgIpc) is 2.76. The second-order valence-corrected chi connectivity index (χ2v) is 8.13. The fraction of sp³-hybridized carbons (Fsp3) is 0.348. The van der Waals surface area contributed by atoms with Crippen molar-refractivity contribution in [2.24, 2.45) is 4.99 Å². The van der Waals surface area contributed by atoms with Gasteiger partial charge in [0.2, 0.25) is 0 Å². The first-order valence-corrected chi connectivity index (χ1v) is 10.6. The quantitative estimate of drug-likeness (QED) is 0.298. The molecule has 1 heterocycles. The molecule has 0 unspecified atom stereocenters. The third-order valence-corrected chi connectivity index (χ3v) is 5.80. The van der Waals surface area contributed by atoms with E-state index in [1.165, 1.54) is 19.4 Å². The number of aromatic nitrogens is 2. The molecule has 0 spiro atoms. The Hall–Kier alpha value is -2.85. The molecule has 0 aliphatic carbocycles. The molecule has 34 heavy (non-hydrogen) atoms. The molecule has 11 heteroatoms. The summed E-state index contributed by atoms with van der Waals surface area (Å²) in [6, 6.07) is 4.32. The highest BCUT2D eigenvalue weighted by molar-refractivity contribution is 6.32. The molecule has 0 saturated heterocycles. The standard InChI is InChI=1S/C23H21ClF5N3O2/c1-4-13(15-5-6-17(26)20(24)21(15)34-3)9-22(33,23(27,28)29)11-31-18-7-14(25)8-19-16(18)10-30-12(2)32-19/h5-8,10-11,13,33H,4,9H2,1-3H3/t13-,22-/m1/s1. The molecule has 3 rings (SSSR count). The highest BCUT2D eigenvalue weighted by Gasteiger charge is 2.53. The molecule has 0 bridgehead atoms. The van der Waals surface area contributed by atoms with Crippen LogP contribution in [-0.2, 0) is 0 Å². The van der Waals surface area contributed by atoms with Gasteiger partial charge in [-0.05, 0) is 37.3 Å². The van der Waals surface area contributed by atoms with Gasteiger partial charge in [-0.25, -0.2) is 18.7 Å². The lowest BCUT2D eigenvalue weighted by molar-refractivity contribution is -0.232. The summed E-state index contributed by atoms with van der Waals surface area (Å²) >= 11 is 5.92. The highest BCUT2D eigenvalue weighted by atomic mass is 35.5. The van der Waals surface area contributed by atoms with Crippen LogP contribution in [0.3, 0.4) is 0 Å². The zero-order valence-corrected chi connectivity index (χ0v) is 19.2. The maximum atomic E-state index is 14.0. The lowest BCUT2D eigenvalue weighted by Crippen LogP contribution is -2.47. The van der Waals surface area contributed by atoms with Crippen molar-refractivity contribution in [2.45, 2.75) is 44.4 Å². The van der Waals surface area contributed by atoms with Crippen LogP contribution in [0.1, 0.15) is 37.1 Å². The molecule has 0 amide bonds. The molecule has 1 N–H and O–H groups in total. The minimum Gasteiger partial charge on any atom is -0.495 e. The number of aliphatic imine (C=N–C) groups is 1. The Bertz CT molecular complexity index is 1230. The van der Waals surface area contributed by atoms with Crippen LogP contribution in [0.5, 0.6) is 5.75 Å². The number of hydrogen-bond donors (Lipinski definition) is 1. The van der Waals surface area contributed by atoms with Gasteiger partial charge in [-0.1, -0.05) is 24.6 Å². The Morgan fingerprint density at radius 3 is 2.56 bits per heavy atom. The second-order valence-electron chi connectivity index (χ2n) is 7.75. The molecule has 0 aliphatic rings. The van der Waals surface area contributed by atoms with E-state index in [1.54, 1.807) is 13.8 Å². The number of aryl methyl sites for hydroxylation is 1. The van der Waals surface area contributed by atoms with Crippen LogP contribution in [0.2, 0.25) is 5.02 Å². The molecule has 2 atom stereocenters. The van der Waals surface area contributed by atoms with E-state index in [-0.39, 0.29) is 39.3 Å². The van der Waals surface area contributed by atoms with Crippen molar-refractivity contribution in [2.75, 3.05) is 7.11 Å². The number of alkyl halides is 3. The number of rotatable bonds is 7. The van der Waals surface area contributed by atoms with Gasteiger partial charge in [0.25, 0.3) is 0 Å². The van der Waals surface area contributed by atoms with Gasteiger partial charge in [0, 0.05) is 29.9 Å². The smallest absolute Gasteiger partial charge is 0.422 e. The number of aliphatic hydroxyl groups is 1. The van der Waals surface area contributed by atoms with E-state index in [4.69, 9.17) is 16.3 Å². The van der Waals surface area contributed by atoms with Gasteiger partial charge in [-0.15, -0.1) is 0 Å². The Balaban J connectivity index is 2.06. The van der Waals surface area contributed by atoms with Crippen LogP contribution in [0.4, 0.5) is 27.6 Å². The molecule has 182 valence electrons. The van der Waals surface area contributed by atoms with Crippen molar-refractivity contribution in [3.63, 3.8) is 0 Å². The maximum absolute atomic E-state index is 14.0. The molecule has 0 saturated carbocycles. The summed E-state index contributed by atoms with van der Waals surface area (Å²) in [5.41, 5.74) is -3.21. The summed E-state index contributed by atoms with van der Waals surface area (Å²) in [6.45, 7) is 3.19. The Kier molecular flexibility index (Phi) is 7.42. The van der Waals surface area contributed by atoms with Crippen LogP contribution in [0, 0.1) is 18.6 Å². The number of methoxy groups -OCH3 is 1. The predicted molar refractivity (Wildman–Crippen MR) is 119 cm³/mol. The maximum Gasteiger partial charge on any atom is 0.422 e. The molecular weight excluding hydrogens is 481 g/mol. The van der Waals surface area contributed by atoms with Gasteiger partial charge in [0.05, 0.1) is 18.3 Å². The van der Waals surface area contributed by atoms with Gasteiger partial charge >= 0.3 is 6.18 Å². The minimum absolute atomic E-state index is 0.112.